The van der Waals surface area contributed by atoms with E-state index in [1.807, 2.05) is 19.1 Å². The molecular formula is C29H28N6O5S. The average molecular weight is 573 g/mol. The van der Waals surface area contributed by atoms with Gasteiger partial charge in [0.2, 0.25) is 5.91 Å². The molecule has 0 atom stereocenters. The van der Waals surface area contributed by atoms with Gasteiger partial charge in [-0.1, -0.05) is 18.7 Å². The predicted octanol–water partition coefficient (Wildman–Crippen LogP) is 4.60. The van der Waals surface area contributed by atoms with Crippen LogP contribution in [0.25, 0.3) is 10.2 Å². The van der Waals surface area contributed by atoms with E-state index in [9.17, 15) is 14.4 Å². The molecule has 0 spiro atoms. The molecule has 0 bridgehead atoms. The number of aryl methyl sites for hydroxylation is 1. The molecule has 4 aromatic rings. The van der Waals surface area contributed by atoms with Crippen LogP contribution in [0.3, 0.4) is 0 Å². The largest absolute Gasteiger partial charge is 0.495 e. The number of carbonyl (C=O) groups excluding carboxylic acids is 3. The maximum absolute atomic E-state index is 13.4. The van der Waals surface area contributed by atoms with Crippen LogP contribution in [0.1, 0.15) is 26.3 Å². The van der Waals surface area contributed by atoms with Crippen molar-refractivity contribution in [1.82, 2.24) is 14.9 Å². The molecule has 0 saturated carbocycles. The van der Waals surface area contributed by atoms with Gasteiger partial charge >= 0.3 is 0 Å². The van der Waals surface area contributed by atoms with E-state index < -0.39 is 0 Å². The van der Waals surface area contributed by atoms with Crippen molar-refractivity contribution >= 4 is 62.2 Å². The second-order valence-electron chi connectivity index (χ2n) is 9.14. The lowest BCUT2D eigenvalue weighted by molar-refractivity contribution is -0.111. The minimum absolute atomic E-state index is 0.120. The fourth-order valence-electron chi connectivity index (χ4n) is 4.41. The number of morpholine rings is 1. The molecule has 41 heavy (non-hydrogen) atoms. The molecule has 2 aromatic heterocycles. The molecule has 12 heteroatoms. The molecule has 5 rings (SSSR count). The van der Waals surface area contributed by atoms with Crippen LogP contribution in [-0.2, 0) is 9.53 Å². The number of anilines is 4. The third kappa shape index (κ3) is 5.88. The van der Waals surface area contributed by atoms with Gasteiger partial charge in [-0.05, 0) is 42.8 Å². The van der Waals surface area contributed by atoms with E-state index in [-0.39, 0.29) is 17.7 Å². The van der Waals surface area contributed by atoms with Crippen LogP contribution in [0.2, 0.25) is 0 Å². The Hall–Kier alpha value is -4.81. The van der Waals surface area contributed by atoms with E-state index in [2.05, 4.69) is 32.5 Å². The number of fused-ring (bicyclic) bond motifs is 1. The summed E-state index contributed by atoms with van der Waals surface area (Å²) in [6, 6.07) is 10.4. The van der Waals surface area contributed by atoms with Gasteiger partial charge in [-0.25, -0.2) is 9.97 Å². The zero-order chi connectivity index (χ0) is 28.9. The molecule has 3 amide bonds. The Bertz CT molecular complexity index is 1650. The number of para-hydroxylation sites is 1. The smallest absolute Gasteiger partial charge is 0.258 e. The minimum Gasteiger partial charge on any atom is -0.495 e. The Labute approximate surface area is 240 Å². The molecule has 11 nitrogen and oxygen atoms in total. The molecule has 3 heterocycles. The predicted molar refractivity (Wildman–Crippen MR) is 158 cm³/mol. The van der Waals surface area contributed by atoms with Gasteiger partial charge in [0.15, 0.2) is 5.82 Å². The van der Waals surface area contributed by atoms with Gasteiger partial charge in [0.1, 0.15) is 12.1 Å². The average Bonchev–Trinajstić information content (AvgIpc) is 3.44. The van der Waals surface area contributed by atoms with Crippen LogP contribution in [0.15, 0.2) is 60.8 Å². The van der Waals surface area contributed by atoms with Gasteiger partial charge in [0.25, 0.3) is 11.8 Å². The van der Waals surface area contributed by atoms with Crippen molar-refractivity contribution in [3.05, 3.63) is 77.5 Å². The fourth-order valence-corrected chi connectivity index (χ4v) is 5.35. The highest BCUT2D eigenvalue weighted by molar-refractivity contribution is 7.18. The lowest BCUT2D eigenvalue weighted by Gasteiger charge is -2.27. The number of hydrogen-bond donors (Lipinski definition) is 3. The first-order valence-electron chi connectivity index (χ1n) is 12.8. The van der Waals surface area contributed by atoms with Crippen LogP contribution in [0, 0.1) is 6.92 Å². The van der Waals surface area contributed by atoms with Crippen molar-refractivity contribution in [1.29, 1.82) is 0 Å². The van der Waals surface area contributed by atoms with Gasteiger partial charge in [0, 0.05) is 24.0 Å². The van der Waals surface area contributed by atoms with Crippen molar-refractivity contribution in [2.24, 2.45) is 0 Å². The van der Waals surface area contributed by atoms with Crippen molar-refractivity contribution in [3.63, 3.8) is 0 Å². The number of benzene rings is 2. The number of thiophene rings is 1. The second kappa shape index (κ2) is 12.1. The van der Waals surface area contributed by atoms with E-state index >= 15 is 0 Å². The number of hydrogen-bond acceptors (Lipinski definition) is 9. The molecule has 2 aromatic carbocycles. The first-order valence-corrected chi connectivity index (χ1v) is 13.7. The lowest BCUT2D eigenvalue weighted by Crippen LogP contribution is -2.40. The number of amides is 3. The fraction of sp³-hybridized carbons (Fsp3) is 0.207. The third-order valence-corrected chi connectivity index (χ3v) is 7.53. The zero-order valence-electron chi connectivity index (χ0n) is 22.5. The van der Waals surface area contributed by atoms with Crippen molar-refractivity contribution in [3.8, 4) is 5.75 Å². The number of ether oxygens (including phenoxy) is 2. The van der Waals surface area contributed by atoms with Gasteiger partial charge in [-0.2, -0.15) is 0 Å². The topological polar surface area (TPSA) is 135 Å². The third-order valence-electron chi connectivity index (χ3n) is 6.55. The molecule has 3 N–H and O–H groups in total. The van der Waals surface area contributed by atoms with E-state index in [0.29, 0.717) is 76.3 Å². The van der Waals surface area contributed by atoms with Crippen molar-refractivity contribution in [2.75, 3.05) is 49.4 Å². The molecule has 0 unspecified atom stereocenters. The summed E-state index contributed by atoms with van der Waals surface area (Å²) in [5, 5.41) is 10.7. The summed E-state index contributed by atoms with van der Waals surface area (Å²) in [5.74, 6) is 0.0105. The molecule has 1 fully saturated rings. The molecule has 210 valence electrons. The first-order chi connectivity index (χ1) is 19.9. The van der Waals surface area contributed by atoms with Gasteiger partial charge in [-0.15, -0.1) is 11.3 Å². The van der Waals surface area contributed by atoms with E-state index in [4.69, 9.17) is 9.47 Å². The highest BCUT2D eigenvalue weighted by Crippen LogP contribution is 2.35. The minimum atomic E-state index is -0.388. The summed E-state index contributed by atoms with van der Waals surface area (Å²) in [6.07, 6.45) is 2.57. The summed E-state index contributed by atoms with van der Waals surface area (Å²) in [4.78, 5) is 48.7. The van der Waals surface area contributed by atoms with Crippen LogP contribution in [0.5, 0.6) is 5.75 Å². The lowest BCUT2D eigenvalue weighted by atomic mass is 10.1. The maximum atomic E-state index is 13.4. The van der Waals surface area contributed by atoms with Gasteiger partial charge in [-0.3, -0.25) is 14.4 Å². The molecule has 1 aliphatic rings. The Morgan fingerprint density at radius 3 is 2.66 bits per heavy atom. The number of nitrogens with zero attached hydrogens (tertiary/aromatic N) is 3. The maximum Gasteiger partial charge on any atom is 0.258 e. The van der Waals surface area contributed by atoms with Crippen LogP contribution in [0.4, 0.5) is 22.9 Å². The summed E-state index contributed by atoms with van der Waals surface area (Å²) >= 11 is 1.32. The zero-order valence-corrected chi connectivity index (χ0v) is 23.3. The van der Waals surface area contributed by atoms with Gasteiger partial charge in [0.05, 0.1) is 53.2 Å². The highest BCUT2D eigenvalue weighted by atomic mass is 32.1. The summed E-state index contributed by atoms with van der Waals surface area (Å²) in [7, 11) is 1.48. The molecule has 1 saturated heterocycles. The van der Waals surface area contributed by atoms with E-state index in [0.717, 1.165) is 5.56 Å². The normalized spacial score (nSPS) is 13.0. The number of nitrogens with one attached hydrogen (secondary N) is 3. The highest BCUT2D eigenvalue weighted by Gasteiger charge is 2.22. The number of rotatable bonds is 8. The monoisotopic (exact) mass is 572 g/mol. The summed E-state index contributed by atoms with van der Waals surface area (Å²) < 4.78 is 11.5. The number of carbonyl (C=O) groups is 3. The van der Waals surface area contributed by atoms with Gasteiger partial charge < -0.3 is 30.3 Å². The SMILES string of the molecule is C=CC(=O)Nc1cccc(C)c1Nc1ncnc2c(C(=O)Nc3ccc(C(=O)N4CCOCC4)cc3OC)csc12. The molecular weight excluding hydrogens is 544 g/mol. The Morgan fingerprint density at radius 2 is 1.90 bits per heavy atom. The Morgan fingerprint density at radius 1 is 1.10 bits per heavy atom. The molecule has 1 aliphatic heterocycles. The van der Waals surface area contributed by atoms with E-state index in [1.54, 1.807) is 34.5 Å². The molecule has 0 aliphatic carbocycles. The second-order valence-corrected chi connectivity index (χ2v) is 10.0. The summed E-state index contributed by atoms with van der Waals surface area (Å²) in [5.41, 5.74) is 3.83. The first kappa shape index (κ1) is 27.7. The van der Waals surface area contributed by atoms with Crippen LogP contribution >= 0.6 is 11.3 Å². The summed E-state index contributed by atoms with van der Waals surface area (Å²) in [6.45, 7) is 7.48. The van der Waals surface area contributed by atoms with E-state index in [1.165, 1.54) is 30.8 Å². The quantitative estimate of drug-likeness (QED) is 0.261. The van der Waals surface area contributed by atoms with Crippen molar-refractivity contribution in [2.45, 2.75) is 6.92 Å². The number of methoxy groups -OCH3 is 1. The number of aromatic nitrogens is 2. The van der Waals surface area contributed by atoms with Crippen molar-refractivity contribution < 1.29 is 23.9 Å². The van der Waals surface area contributed by atoms with Crippen LogP contribution < -0.4 is 20.7 Å². The standard InChI is InChI=1S/C29H28N6O5S/c1-4-23(36)32-21-7-5-6-17(2)24(21)34-27-26-25(30-16-31-27)19(15-41-26)28(37)33-20-9-8-18(14-22(20)39-3)29(38)35-10-12-40-13-11-35/h4-9,14-16H,1,10-13H2,2-3H3,(H,32,36)(H,33,37)(H,30,31,34). The Balaban J connectivity index is 1.39. The molecule has 0 radical (unpaired) electrons. The van der Waals surface area contributed by atoms with Crippen LogP contribution in [-0.4, -0.2) is 66.0 Å². The Kier molecular flexibility index (Phi) is 8.22.